The highest BCUT2D eigenvalue weighted by Gasteiger charge is 2.30. The molecule has 1 saturated heterocycles. The fraction of sp³-hybridized carbons (Fsp3) is 0.130. The standard InChI is InChI=1S/C23H19FN4O3S/c24-19-12-14(5-6-17(19)16-11-15-7-9-25-22(15)27-13-16)18-3-1-2-4-21(18)32(30,31)28-20-8-10-26-23(20)29/h1-7,9,11-13,20,28H,8,10H2,(H,25,27)(H,26,29)/t20-/m0/s1. The van der Waals surface area contributed by atoms with E-state index in [-0.39, 0.29) is 10.8 Å². The summed E-state index contributed by atoms with van der Waals surface area (Å²) in [4.78, 5) is 19.1. The van der Waals surface area contributed by atoms with Crippen LogP contribution in [0.25, 0.3) is 33.3 Å². The summed E-state index contributed by atoms with van der Waals surface area (Å²) in [5.41, 5.74) is 2.47. The molecule has 0 radical (unpaired) electrons. The maximum Gasteiger partial charge on any atom is 0.241 e. The summed E-state index contributed by atoms with van der Waals surface area (Å²) in [5.74, 6) is -0.844. The second-order valence-corrected chi connectivity index (χ2v) is 9.27. The Morgan fingerprint density at radius 2 is 1.88 bits per heavy atom. The molecule has 2 aromatic carbocycles. The molecule has 1 aliphatic heterocycles. The molecule has 4 aromatic rings. The van der Waals surface area contributed by atoms with Gasteiger partial charge in [-0.2, -0.15) is 4.72 Å². The van der Waals surface area contributed by atoms with Crippen molar-refractivity contribution in [2.45, 2.75) is 17.4 Å². The highest BCUT2D eigenvalue weighted by molar-refractivity contribution is 7.89. The van der Waals surface area contributed by atoms with Crippen LogP contribution in [-0.2, 0) is 14.8 Å². The summed E-state index contributed by atoms with van der Waals surface area (Å²) in [6, 6.07) is 13.8. The number of carbonyl (C=O) groups excluding carboxylic acids is 1. The van der Waals surface area contributed by atoms with E-state index in [4.69, 9.17) is 0 Å². The Kier molecular flexibility index (Phi) is 4.99. The summed E-state index contributed by atoms with van der Waals surface area (Å²) < 4.78 is 43.6. The monoisotopic (exact) mass is 450 g/mol. The molecular formula is C23H19FN4O3S. The first kappa shape index (κ1) is 20.3. The Balaban J connectivity index is 1.52. The fourth-order valence-electron chi connectivity index (χ4n) is 3.90. The Morgan fingerprint density at radius 1 is 1.03 bits per heavy atom. The molecule has 1 amide bonds. The number of sulfonamides is 1. The van der Waals surface area contributed by atoms with Crippen molar-refractivity contribution in [1.29, 1.82) is 0 Å². The minimum Gasteiger partial charge on any atom is -0.355 e. The number of rotatable bonds is 5. The predicted octanol–water partition coefficient (Wildman–Crippen LogP) is 3.20. The lowest BCUT2D eigenvalue weighted by Gasteiger charge is -2.15. The van der Waals surface area contributed by atoms with E-state index >= 15 is 4.39 Å². The van der Waals surface area contributed by atoms with Crippen molar-refractivity contribution >= 4 is 27.0 Å². The maximum absolute atomic E-state index is 15.1. The Morgan fingerprint density at radius 3 is 2.66 bits per heavy atom. The third-order valence-corrected chi connectivity index (χ3v) is 7.04. The lowest BCUT2D eigenvalue weighted by atomic mass is 10.00. The summed E-state index contributed by atoms with van der Waals surface area (Å²) in [6.07, 6.45) is 3.73. The number of fused-ring (bicyclic) bond motifs is 1. The molecule has 1 aliphatic rings. The first-order valence-corrected chi connectivity index (χ1v) is 11.5. The SMILES string of the molecule is O=C1NCC[C@@H]1NS(=O)(=O)c1ccccc1-c1ccc(-c2cnc3[nH]ccc3c2)c(F)c1. The van der Waals surface area contributed by atoms with E-state index in [2.05, 4.69) is 20.0 Å². The zero-order valence-electron chi connectivity index (χ0n) is 16.8. The molecule has 162 valence electrons. The molecule has 3 heterocycles. The molecule has 3 N–H and O–H groups in total. The van der Waals surface area contributed by atoms with Crippen LogP contribution in [0.2, 0.25) is 0 Å². The number of amides is 1. The van der Waals surface area contributed by atoms with Crippen molar-refractivity contribution in [2.75, 3.05) is 6.54 Å². The number of halogens is 1. The third kappa shape index (κ3) is 3.65. The van der Waals surface area contributed by atoms with Gasteiger partial charge in [0.05, 0.1) is 4.90 Å². The van der Waals surface area contributed by atoms with Crippen molar-refractivity contribution < 1.29 is 17.6 Å². The van der Waals surface area contributed by atoms with Crippen LogP contribution in [0.15, 0.2) is 71.9 Å². The highest BCUT2D eigenvalue weighted by Crippen LogP contribution is 2.32. The topological polar surface area (TPSA) is 104 Å². The van der Waals surface area contributed by atoms with E-state index in [1.54, 1.807) is 42.7 Å². The predicted molar refractivity (Wildman–Crippen MR) is 119 cm³/mol. The van der Waals surface area contributed by atoms with Gasteiger partial charge in [0, 0.05) is 41.0 Å². The number of aromatic nitrogens is 2. The smallest absolute Gasteiger partial charge is 0.241 e. The van der Waals surface area contributed by atoms with Gasteiger partial charge in [-0.25, -0.2) is 17.8 Å². The van der Waals surface area contributed by atoms with Gasteiger partial charge in [0.25, 0.3) is 0 Å². The molecule has 1 atom stereocenters. The van der Waals surface area contributed by atoms with Crippen LogP contribution < -0.4 is 10.0 Å². The molecule has 0 unspecified atom stereocenters. The van der Waals surface area contributed by atoms with Crippen molar-refractivity contribution in [3.8, 4) is 22.3 Å². The van der Waals surface area contributed by atoms with Gasteiger partial charge in [-0.3, -0.25) is 4.79 Å². The first-order valence-electron chi connectivity index (χ1n) is 10.0. The van der Waals surface area contributed by atoms with Crippen molar-refractivity contribution in [1.82, 2.24) is 20.0 Å². The zero-order valence-corrected chi connectivity index (χ0v) is 17.6. The Hall–Kier alpha value is -3.56. The Labute approximate surface area is 183 Å². The molecule has 9 heteroatoms. The summed E-state index contributed by atoms with van der Waals surface area (Å²) >= 11 is 0. The second kappa shape index (κ2) is 7.85. The number of nitrogens with one attached hydrogen (secondary N) is 3. The number of nitrogens with zero attached hydrogens (tertiary/aromatic N) is 1. The van der Waals surface area contributed by atoms with Crippen molar-refractivity contribution in [3.63, 3.8) is 0 Å². The van der Waals surface area contributed by atoms with Gasteiger partial charge in [-0.15, -0.1) is 0 Å². The number of carbonyl (C=O) groups is 1. The molecule has 0 saturated carbocycles. The van der Waals surface area contributed by atoms with Crippen LogP contribution in [0.3, 0.4) is 0 Å². The van der Waals surface area contributed by atoms with Crippen LogP contribution in [-0.4, -0.2) is 36.9 Å². The minimum atomic E-state index is -4.00. The van der Waals surface area contributed by atoms with E-state index in [0.717, 1.165) is 5.39 Å². The van der Waals surface area contributed by atoms with Crippen LogP contribution in [0.5, 0.6) is 0 Å². The number of H-pyrrole nitrogens is 1. The van der Waals surface area contributed by atoms with Gasteiger partial charge >= 0.3 is 0 Å². The molecule has 0 spiro atoms. The van der Waals surface area contributed by atoms with Gasteiger partial charge in [0.1, 0.15) is 17.5 Å². The zero-order chi connectivity index (χ0) is 22.3. The van der Waals surface area contributed by atoms with E-state index in [1.165, 1.54) is 12.1 Å². The average Bonchev–Trinajstić information content (AvgIpc) is 3.41. The van der Waals surface area contributed by atoms with E-state index < -0.39 is 21.9 Å². The van der Waals surface area contributed by atoms with Gasteiger partial charge in [-0.1, -0.05) is 30.3 Å². The minimum absolute atomic E-state index is 0.0118. The largest absolute Gasteiger partial charge is 0.355 e. The molecular weight excluding hydrogens is 431 g/mol. The first-order chi connectivity index (χ1) is 15.4. The fourth-order valence-corrected chi connectivity index (χ4v) is 5.36. The average molecular weight is 450 g/mol. The third-order valence-electron chi connectivity index (χ3n) is 5.51. The van der Waals surface area contributed by atoms with Crippen molar-refractivity contribution in [3.05, 3.63) is 72.8 Å². The molecule has 5 rings (SSSR count). The summed E-state index contributed by atoms with van der Waals surface area (Å²) in [6.45, 7) is 0.420. The molecule has 0 aliphatic carbocycles. The molecule has 0 bridgehead atoms. The number of benzene rings is 2. The highest BCUT2D eigenvalue weighted by atomic mass is 32.2. The lowest BCUT2D eigenvalue weighted by Crippen LogP contribution is -2.40. The molecule has 32 heavy (non-hydrogen) atoms. The van der Waals surface area contributed by atoms with Crippen LogP contribution in [0.4, 0.5) is 4.39 Å². The normalized spacial score (nSPS) is 16.4. The number of hydrogen-bond acceptors (Lipinski definition) is 4. The second-order valence-electron chi connectivity index (χ2n) is 7.58. The van der Waals surface area contributed by atoms with Crippen molar-refractivity contribution in [2.24, 2.45) is 0 Å². The maximum atomic E-state index is 15.1. The van der Waals surface area contributed by atoms with Gasteiger partial charge in [0.15, 0.2) is 0 Å². The summed E-state index contributed by atoms with van der Waals surface area (Å²) in [5, 5.41) is 3.47. The number of aromatic amines is 1. The number of pyridine rings is 1. The quantitative estimate of drug-likeness (QED) is 0.434. The van der Waals surface area contributed by atoms with E-state index in [1.807, 2.05) is 12.1 Å². The molecule has 7 nitrogen and oxygen atoms in total. The summed E-state index contributed by atoms with van der Waals surface area (Å²) in [7, 11) is -4.00. The molecule has 2 aromatic heterocycles. The van der Waals surface area contributed by atoms with Gasteiger partial charge in [0.2, 0.25) is 15.9 Å². The van der Waals surface area contributed by atoms with Crippen LogP contribution in [0.1, 0.15) is 6.42 Å². The van der Waals surface area contributed by atoms with Gasteiger partial charge in [-0.05, 0) is 36.2 Å². The van der Waals surface area contributed by atoms with Gasteiger partial charge < -0.3 is 10.3 Å². The Bertz CT molecular complexity index is 1450. The number of hydrogen-bond donors (Lipinski definition) is 3. The van der Waals surface area contributed by atoms with E-state index in [0.29, 0.717) is 40.9 Å². The van der Waals surface area contributed by atoms with Crippen LogP contribution >= 0.6 is 0 Å². The lowest BCUT2D eigenvalue weighted by molar-refractivity contribution is -0.120. The molecule has 1 fully saturated rings. The van der Waals surface area contributed by atoms with E-state index in [9.17, 15) is 13.2 Å². The van der Waals surface area contributed by atoms with Crippen LogP contribution in [0, 0.1) is 5.82 Å².